The van der Waals surface area contributed by atoms with E-state index in [-0.39, 0.29) is 13.1 Å². The molecule has 0 amide bonds. The Morgan fingerprint density at radius 3 is 2.70 bits per heavy atom. The van der Waals surface area contributed by atoms with Gasteiger partial charge in [0.1, 0.15) is 16.5 Å². The molecule has 0 aliphatic rings. The summed E-state index contributed by atoms with van der Waals surface area (Å²) in [5.74, 6) is -2.19. The molecular weight excluding hydrogens is 290 g/mol. The Balaban J connectivity index is 2.12. The highest BCUT2D eigenvalue weighted by Gasteiger charge is 2.20. The third kappa shape index (κ3) is 3.11. The van der Waals surface area contributed by atoms with Crippen molar-refractivity contribution in [2.45, 2.75) is 11.4 Å². The van der Waals surface area contributed by atoms with Crippen LogP contribution < -0.4 is 10.5 Å². The molecule has 3 N–H and O–H groups in total. The number of nitrogens with two attached hydrogens (primary N) is 1. The van der Waals surface area contributed by atoms with E-state index < -0.39 is 32.2 Å². The molecule has 0 radical (unpaired) electrons. The zero-order valence-electron chi connectivity index (χ0n) is 10.3. The van der Waals surface area contributed by atoms with Crippen molar-refractivity contribution in [3.63, 3.8) is 0 Å². The first-order valence-electron chi connectivity index (χ1n) is 5.62. The molecule has 1 aromatic heterocycles. The number of nitrogens with zero attached hydrogens (tertiary/aromatic N) is 2. The Bertz CT molecular complexity index is 701. The van der Waals surface area contributed by atoms with Crippen LogP contribution in [0.15, 0.2) is 35.5 Å². The predicted octanol–water partition coefficient (Wildman–Crippen LogP) is 0.722. The van der Waals surface area contributed by atoms with Crippen molar-refractivity contribution in [2.75, 3.05) is 12.3 Å². The number of benzene rings is 1. The lowest BCUT2D eigenvalue weighted by Crippen LogP contribution is -2.28. The van der Waals surface area contributed by atoms with Crippen LogP contribution in [0, 0.1) is 11.6 Å². The molecule has 0 unspecified atom stereocenters. The first-order valence-corrected chi connectivity index (χ1v) is 7.10. The molecule has 0 aliphatic carbocycles. The number of hydrogen-bond donors (Lipinski definition) is 2. The average molecular weight is 302 g/mol. The van der Waals surface area contributed by atoms with E-state index >= 15 is 0 Å². The first-order chi connectivity index (χ1) is 9.40. The topological polar surface area (TPSA) is 90.0 Å². The predicted molar refractivity (Wildman–Crippen MR) is 68.2 cm³/mol. The molecule has 2 aromatic rings. The van der Waals surface area contributed by atoms with Crippen LogP contribution in [-0.2, 0) is 16.6 Å². The largest absolute Gasteiger partial charge is 0.396 e. The molecule has 0 saturated carbocycles. The maximum Gasteiger partial charge on any atom is 0.243 e. The normalized spacial score (nSPS) is 11.7. The number of nitrogen functional groups attached to an aromatic ring is 1. The van der Waals surface area contributed by atoms with E-state index in [1.807, 2.05) is 0 Å². The minimum atomic E-state index is -4.10. The second kappa shape index (κ2) is 5.55. The van der Waals surface area contributed by atoms with E-state index in [1.54, 1.807) is 18.5 Å². The highest BCUT2D eigenvalue weighted by molar-refractivity contribution is 7.89. The van der Waals surface area contributed by atoms with Crippen LogP contribution >= 0.6 is 0 Å². The fraction of sp³-hybridized carbons (Fsp3) is 0.182. The molecule has 9 heteroatoms. The summed E-state index contributed by atoms with van der Waals surface area (Å²) in [6.07, 6.45) is 3.21. The van der Waals surface area contributed by atoms with Crippen LogP contribution in [0.1, 0.15) is 0 Å². The molecule has 6 nitrogen and oxygen atoms in total. The molecule has 0 bridgehead atoms. The molecule has 1 aromatic carbocycles. The van der Waals surface area contributed by atoms with Gasteiger partial charge in [-0.1, -0.05) is 0 Å². The summed E-state index contributed by atoms with van der Waals surface area (Å²) < 4.78 is 54.0. The van der Waals surface area contributed by atoms with Gasteiger partial charge in [-0.15, -0.1) is 0 Å². The van der Waals surface area contributed by atoms with Crippen LogP contribution in [-0.4, -0.2) is 24.7 Å². The van der Waals surface area contributed by atoms with E-state index in [4.69, 9.17) is 5.73 Å². The molecule has 1 heterocycles. The van der Waals surface area contributed by atoms with Crippen LogP contribution in [0.25, 0.3) is 0 Å². The minimum absolute atomic E-state index is 0.0146. The third-order valence-electron chi connectivity index (χ3n) is 2.53. The van der Waals surface area contributed by atoms with Gasteiger partial charge < -0.3 is 5.73 Å². The van der Waals surface area contributed by atoms with Crippen LogP contribution in [0.2, 0.25) is 0 Å². The second-order valence-electron chi connectivity index (χ2n) is 3.97. The summed E-state index contributed by atoms with van der Waals surface area (Å²) >= 11 is 0. The van der Waals surface area contributed by atoms with Crippen molar-refractivity contribution < 1.29 is 17.2 Å². The van der Waals surface area contributed by atoms with Gasteiger partial charge >= 0.3 is 0 Å². The molecule has 0 atom stereocenters. The summed E-state index contributed by atoms with van der Waals surface area (Å²) in [5, 5.41) is 3.89. The number of sulfonamides is 1. The smallest absolute Gasteiger partial charge is 0.243 e. The van der Waals surface area contributed by atoms with Crippen LogP contribution in [0.4, 0.5) is 14.5 Å². The standard InChI is InChI=1S/C11H12F2N4O2S/c12-8-6-9(13)11(7-10(8)14)20(18,19)16-3-5-17-4-1-2-15-17/h1-2,4,6-7,16H,3,5,14H2. The average Bonchev–Trinajstić information content (AvgIpc) is 2.86. The fourth-order valence-electron chi connectivity index (χ4n) is 1.56. The Kier molecular flexibility index (Phi) is 4.00. The van der Waals surface area contributed by atoms with Gasteiger partial charge in [0.15, 0.2) is 0 Å². The minimum Gasteiger partial charge on any atom is -0.396 e. The fourth-order valence-corrected chi connectivity index (χ4v) is 2.67. The van der Waals surface area contributed by atoms with Gasteiger partial charge in [-0.25, -0.2) is 21.9 Å². The van der Waals surface area contributed by atoms with Crippen molar-refractivity contribution in [1.82, 2.24) is 14.5 Å². The van der Waals surface area contributed by atoms with E-state index in [1.165, 1.54) is 4.68 Å². The Hall–Kier alpha value is -2.00. The zero-order valence-corrected chi connectivity index (χ0v) is 11.1. The lowest BCUT2D eigenvalue weighted by molar-refractivity contribution is 0.537. The first kappa shape index (κ1) is 14.4. The summed E-state index contributed by atoms with van der Waals surface area (Å²) in [5.41, 5.74) is 4.81. The van der Waals surface area contributed by atoms with Crippen molar-refractivity contribution in [3.05, 3.63) is 42.2 Å². The highest BCUT2D eigenvalue weighted by Crippen LogP contribution is 2.20. The zero-order chi connectivity index (χ0) is 14.8. The van der Waals surface area contributed by atoms with E-state index in [9.17, 15) is 17.2 Å². The highest BCUT2D eigenvalue weighted by atomic mass is 32.2. The molecule has 108 valence electrons. The Morgan fingerprint density at radius 1 is 1.30 bits per heavy atom. The number of anilines is 1. The molecule has 0 saturated heterocycles. The Morgan fingerprint density at radius 2 is 2.05 bits per heavy atom. The van der Waals surface area contributed by atoms with Crippen molar-refractivity contribution in [2.24, 2.45) is 0 Å². The van der Waals surface area contributed by atoms with Crippen LogP contribution in [0.3, 0.4) is 0 Å². The maximum atomic E-state index is 13.5. The SMILES string of the molecule is Nc1cc(S(=O)(=O)NCCn2cccn2)c(F)cc1F. The third-order valence-corrected chi connectivity index (χ3v) is 4.01. The van der Waals surface area contributed by atoms with Crippen molar-refractivity contribution in [1.29, 1.82) is 0 Å². The van der Waals surface area contributed by atoms with Gasteiger partial charge in [-0.3, -0.25) is 4.68 Å². The molecule has 2 rings (SSSR count). The molecule has 20 heavy (non-hydrogen) atoms. The summed E-state index contributed by atoms with van der Waals surface area (Å²) in [4.78, 5) is -0.683. The summed E-state index contributed by atoms with van der Waals surface area (Å²) in [7, 11) is -4.10. The lowest BCUT2D eigenvalue weighted by Gasteiger charge is -2.09. The van der Waals surface area contributed by atoms with Gasteiger partial charge in [-0.05, 0) is 12.1 Å². The number of halogens is 2. The molecular formula is C11H12F2N4O2S. The lowest BCUT2D eigenvalue weighted by atomic mass is 10.3. The summed E-state index contributed by atoms with van der Waals surface area (Å²) in [6, 6.07) is 2.88. The van der Waals surface area contributed by atoms with Crippen molar-refractivity contribution >= 4 is 15.7 Å². The van der Waals surface area contributed by atoms with E-state index in [0.717, 1.165) is 6.07 Å². The van der Waals surface area contributed by atoms with Crippen LogP contribution in [0.5, 0.6) is 0 Å². The quantitative estimate of drug-likeness (QED) is 0.796. The number of aromatic nitrogens is 2. The van der Waals surface area contributed by atoms with Gasteiger partial charge in [0, 0.05) is 25.0 Å². The summed E-state index contributed by atoms with van der Waals surface area (Å²) in [6.45, 7) is 0.297. The Labute approximate surface area is 114 Å². The van der Waals surface area contributed by atoms with E-state index in [0.29, 0.717) is 6.07 Å². The molecule has 0 spiro atoms. The van der Waals surface area contributed by atoms with Gasteiger partial charge in [0.05, 0.1) is 12.2 Å². The van der Waals surface area contributed by atoms with Crippen molar-refractivity contribution in [3.8, 4) is 0 Å². The number of rotatable bonds is 5. The number of hydrogen-bond acceptors (Lipinski definition) is 4. The van der Waals surface area contributed by atoms with Gasteiger partial charge in [0.25, 0.3) is 0 Å². The van der Waals surface area contributed by atoms with Gasteiger partial charge in [-0.2, -0.15) is 5.10 Å². The molecule has 0 aliphatic heterocycles. The monoisotopic (exact) mass is 302 g/mol. The van der Waals surface area contributed by atoms with Gasteiger partial charge in [0.2, 0.25) is 10.0 Å². The molecule has 0 fully saturated rings. The maximum absolute atomic E-state index is 13.5. The second-order valence-corrected chi connectivity index (χ2v) is 5.71. The number of nitrogens with one attached hydrogen (secondary N) is 1. The van der Waals surface area contributed by atoms with E-state index in [2.05, 4.69) is 9.82 Å².